The minimum atomic E-state index is 0.147. The number of rotatable bonds is 3. The number of fused-ring (bicyclic) bond motifs is 1. The zero-order chi connectivity index (χ0) is 14.1. The molecule has 4 nitrogen and oxygen atoms in total. The molecule has 0 aromatic carbocycles. The lowest BCUT2D eigenvalue weighted by Crippen LogP contribution is -2.35. The van der Waals surface area contributed by atoms with Crippen molar-refractivity contribution >= 4 is 17.2 Å². The minimum Gasteiger partial charge on any atom is -0.341 e. The van der Waals surface area contributed by atoms with E-state index in [1.807, 2.05) is 42.7 Å². The normalized spacial score (nSPS) is 17.8. The van der Waals surface area contributed by atoms with Gasteiger partial charge in [-0.25, -0.2) is 4.98 Å². The monoisotopic (exact) mass is 289 g/mol. The molecule has 0 fully saturated rings. The van der Waals surface area contributed by atoms with Gasteiger partial charge in [0.05, 0.1) is 4.88 Å². The van der Waals surface area contributed by atoms with Gasteiger partial charge in [0.2, 0.25) is 0 Å². The van der Waals surface area contributed by atoms with E-state index in [4.69, 9.17) is 0 Å². The second kappa shape index (κ2) is 5.40. The van der Waals surface area contributed by atoms with Crippen LogP contribution in [-0.2, 0) is 13.0 Å². The van der Waals surface area contributed by atoms with E-state index in [-0.39, 0.29) is 5.91 Å². The predicted molar refractivity (Wildman–Crippen MR) is 80.1 cm³/mol. The maximum absolute atomic E-state index is 12.4. The molecule has 0 saturated carbocycles. The summed E-state index contributed by atoms with van der Waals surface area (Å²) < 4.78 is 2.21. The average Bonchev–Trinajstić information content (AvgIpc) is 3.05. The van der Waals surface area contributed by atoms with Crippen molar-refractivity contribution in [3.63, 3.8) is 0 Å². The van der Waals surface area contributed by atoms with Crippen LogP contribution in [0, 0.1) is 12.8 Å². The lowest BCUT2D eigenvalue weighted by atomic mass is 9.99. The molecule has 0 bridgehead atoms. The molecule has 3 rings (SSSR count). The summed E-state index contributed by atoms with van der Waals surface area (Å²) in [7, 11) is 1.91. The molecule has 1 aliphatic rings. The van der Waals surface area contributed by atoms with Gasteiger partial charge in [0.15, 0.2) is 0 Å². The molecule has 2 aromatic heterocycles. The van der Waals surface area contributed by atoms with Gasteiger partial charge in [-0.1, -0.05) is 0 Å². The van der Waals surface area contributed by atoms with Crippen LogP contribution >= 0.6 is 11.3 Å². The van der Waals surface area contributed by atoms with Crippen molar-refractivity contribution in [2.75, 3.05) is 13.6 Å². The maximum Gasteiger partial charge on any atom is 0.263 e. The number of imidazole rings is 1. The van der Waals surface area contributed by atoms with Crippen LogP contribution in [0.1, 0.15) is 27.5 Å². The zero-order valence-electron chi connectivity index (χ0n) is 11.9. The van der Waals surface area contributed by atoms with Crippen LogP contribution in [0.25, 0.3) is 0 Å². The van der Waals surface area contributed by atoms with E-state index in [0.29, 0.717) is 5.92 Å². The highest BCUT2D eigenvalue weighted by Crippen LogP contribution is 2.22. The van der Waals surface area contributed by atoms with E-state index in [2.05, 4.69) is 9.55 Å². The van der Waals surface area contributed by atoms with Crippen molar-refractivity contribution < 1.29 is 4.79 Å². The third-order valence-corrected chi connectivity index (χ3v) is 4.97. The van der Waals surface area contributed by atoms with Gasteiger partial charge in [0, 0.05) is 39.0 Å². The quantitative estimate of drug-likeness (QED) is 0.871. The van der Waals surface area contributed by atoms with Gasteiger partial charge in [-0.15, -0.1) is 11.3 Å². The van der Waals surface area contributed by atoms with Crippen LogP contribution < -0.4 is 0 Å². The van der Waals surface area contributed by atoms with E-state index in [0.717, 1.165) is 36.4 Å². The van der Waals surface area contributed by atoms with Crippen molar-refractivity contribution in [1.29, 1.82) is 0 Å². The first-order valence-electron chi connectivity index (χ1n) is 6.94. The number of carbonyl (C=O) groups excluding carboxylic acids is 1. The largest absolute Gasteiger partial charge is 0.341 e. The van der Waals surface area contributed by atoms with Crippen LogP contribution in [0.2, 0.25) is 0 Å². The molecule has 1 aliphatic heterocycles. The summed E-state index contributed by atoms with van der Waals surface area (Å²) in [5.41, 5.74) is 1.08. The van der Waals surface area contributed by atoms with Gasteiger partial charge < -0.3 is 9.47 Å². The van der Waals surface area contributed by atoms with Gasteiger partial charge in [-0.2, -0.15) is 0 Å². The van der Waals surface area contributed by atoms with E-state index < -0.39 is 0 Å². The summed E-state index contributed by atoms with van der Waals surface area (Å²) >= 11 is 1.53. The van der Waals surface area contributed by atoms with Crippen molar-refractivity contribution in [2.45, 2.75) is 26.3 Å². The van der Waals surface area contributed by atoms with E-state index in [9.17, 15) is 4.79 Å². The van der Waals surface area contributed by atoms with Crippen LogP contribution in [0.3, 0.4) is 0 Å². The zero-order valence-corrected chi connectivity index (χ0v) is 12.7. The number of hydrogen-bond acceptors (Lipinski definition) is 3. The van der Waals surface area contributed by atoms with Crippen LogP contribution in [0.15, 0.2) is 23.8 Å². The maximum atomic E-state index is 12.4. The van der Waals surface area contributed by atoms with Gasteiger partial charge in [0.1, 0.15) is 5.82 Å². The molecule has 0 aliphatic carbocycles. The van der Waals surface area contributed by atoms with E-state index >= 15 is 0 Å². The van der Waals surface area contributed by atoms with Crippen LogP contribution in [0.5, 0.6) is 0 Å². The molecular weight excluding hydrogens is 270 g/mol. The molecular formula is C15H19N3OS. The third kappa shape index (κ3) is 2.50. The molecule has 0 N–H and O–H groups in total. The Hall–Kier alpha value is -1.62. The summed E-state index contributed by atoms with van der Waals surface area (Å²) in [6.45, 7) is 3.78. The fraction of sp³-hybridized carbons (Fsp3) is 0.467. The first kappa shape index (κ1) is 13.4. The number of amides is 1. The third-order valence-electron chi connectivity index (χ3n) is 3.97. The topological polar surface area (TPSA) is 38.1 Å². The molecule has 106 valence electrons. The molecule has 0 saturated heterocycles. The Kier molecular flexibility index (Phi) is 3.61. The van der Waals surface area contributed by atoms with Crippen LogP contribution in [-0.4, -0.2) is 34.0 Å². The predicted octanol–water partition coefficient (Wildman–Crippen LogP) is 2.59. The van der Waals surface area contributed by atoms with Gasteiger partial charge >= 0.3 is 0 Å². The number of aromatic nitrogens is 2. The van der Waals surface area contributed by atoms with E-state index in [1.54, 1.807) is 0 Å². The average molecular weight is 289 g/mol. The Balaban J connectivity index is 1.64. The Morgan fingerprint density at radius 1 is 1.60 bits per heavy atom. The number of hydrogen-bond donors (Lipinski definition) is 0. The highest BCUT2D eigenvalue weighted by molar-refractivity contribution is 7.12. The summed E-state index contributed by atoms with van der Waals surface area (Å²) in [4.78, 5) is 19.5. The SMILES string of the molecule is Cc1ccsc1C(=O)N(C)C[C@H]1CCc2nccn2C1. The standard InChI is InChI=1S/C15H19N3OS/c1-11-5-8-20-14(11)15(19)17(2)9-12-3-4-13-16-6-7-18(13)10-12/h5-8,12H,3-4,9-10H2,1-2H3/t12-/m1/s1. The summed E-state index contributed by atoms with van der Waals surface area (Å²) in [5.74, 6) is 1.84. The molecule has 0 spiro atoms. The van der Waals surface area contributed by atoms with Crippen molar-refractivity contribution in [1.82, 2.24) is 14.5 Å². The Labute approximate surface area is 123 Å². The number of carbonyl (C=O) groups is 1. The smallest absolute Gasteiger partial charge is 0.263 e. The molecule has 1 amide bonds. The fourth-order valence-electron chi connectivity index (χ4n) is 2.82. The van der Waals surface area contributed by atoms with Crippen molar-refractivity contribution in [2.24, 2.45) is 5.92 Å². The van der Waals surface area contributed by atoms with Gasteiger partial charge in [-0.05, 0) is 36.3 Å². The first-order chi connectivity index (χ1) is 9.65. The highest BCUT2D eigenvalue weighted by atomic mass is 32.1. The Bertz CT molecular complexity index is 616. The molecule has 0 unspecified atom stereocenters. The Morgan fingerprint density at radius 2 is 2.45 bits per heavy atom. The summed E-state index contributed by atoms with van der Waals surface area (Å²) in [6.07, 6.45) is 6.02. The van der Waals surface area contributed by atoms with E-state index in [1.165, 1.54) is 17.2 Å². The molecule has 0 radical (unpaired) electrons. The number of nitrogens with zero attached hydrogens (tertiary/aromatic N) is 3. The molecule has 2 aromatic rings. The second-order valence-corrected chi connectivity index (χ2v) is 6.44. The lowest BCUT2D eigenvalue weighted by molar-refractivity contribution is 0.0764. The molecule has 20 heavy (non-hydrogen) atoms. The number of thiophene rings is 1. The van der Waals surface area contributed by atoms with Gasteiger partial charge in [0.25, 0.3) is 5.91 Å². The number of aryl methyl sites for hydroxylation is 2. The molecule has 1 atom stereocenters. The summed E-state index contributed by atoms with van der Waals surface area (Å²) in [5, 5.41) is 1.98. The van der Waals surface area contributed by atoms with Crippen molar-refractivity contribution in [3.8, 4) is 0 Å². The Morgan fingerprint density at radius 3 is 3.20 bits per heavy atom. The molecule has 5 heteroatoms. The van der Waals surface area contributed by atoms with Crippen LogP contribution in [0.4, 0.5) is 0 Å². The highest BCUT2D eigenvalue weighted by Gasteiger charge is 2.23. The lowest BCUT2D eigenvalue weighted by Gasteiger charge is -2.28. The van der Waals surface area contributed by atoms with Gasteiger partial charge in [-0.3, -0.25) is 4.79 Å². The summed E-state index contributed by atoms with van der Waals surface area (Å²) in [6, 6.07) is 2.00. The molecule has 3 heterocycles. The second-order valence-electron chi connectivity index (χ2n) is 5.52. The minimum absolute atomic E-state index is 0.147. The fourth-order valence-corrected chi connectivity index (χ4v) is 3.74. The van der Waals surface area contributed by atoms with Crippen molar-refractivity contribution in [3.05, 3.63) is 40.1 Å². The first-order valence-corrected chi connectivity index (χ1v) is 7.82.